The molecule has 7 heteroatoms. The molecule has 0 spiro atoms. The molecule has 0 saturated carbocycles. The lowest BCUT2D eigenvalue weighted by atomic mass is 9.92. The summed E-state index contributed by atoms with van der Waals surface area (Å²) in [7, 11) is 1.17. The zero-order valence-electron chi connectivity index (χ0n) is 9.75. The van der Waals surface area contributed by atoms with Crippen molar-refractivity contribution in [3.05, 3.63) is 33.9 Å². The highest BCUT2D eigenvalue weighted by atomic mass is 16.6. The SMILES string of the molecule is COC(=O)[C@H]1Oc2cc([N+](=O)[O-])ccc2[C@]1(C)O. The van der Waals surface area contributed by atoms with Crippen molar-refractivity contribution in [2.45, 2.75) is 18.6 Å². The molecule has 0 radical (unpaired) electrons. The molecule has 0 bridgehead atoms. The van der Waals surface area contributed by atoms with Gasteiger partial charge in [0.1, 0.15) is 11.4 Å². The van der Waals surface area contributed by atoms with Gasteiger partial charge in [-0.3, -0.25) is 10.1 Å². The number of benzene rings is 1. The summed E-state index contributed by atoms with van der Waals surface area (Å²) in [5.41, 5.74) is -1.42. The Bertz CT molecular complexity index is 524. The van der Waals surface area contributed by atoms with E-state index in [9.17, 15) is 20.0 Å². The van der Waals surface area contributed by atoms with Gasteiger partial charge in [-0.05, 0) is 13.0 Å². The van der Waals surface area contributed by atoms with E-state index in [-0.39, 0.29) is 11.4 Å². The van der Waals surface area contributed by atoms with Crippen LogP contribution in [0.1, 0.15) is 12.5 Å². The molecular weight excluding hydrogens is 242 g/mol. The number of nitro groups is 1. The molecule has 7 nitrogen and oxygen atoms in total. The van der Waals surface area contributed by atoms with E-state index in [1.165, 1.54) is 32.2 Å². The predicted octanol–water partition coefficient (Wildman–Crippen LogP) is 0.736. The molecule has 0 amide bonds. The van der Waals surface area contributed by atoms with Gasteiger partial charge in [0.15, 0.2) is 0 Å². The Balaban J connectivity index is 2.45. The number of nitrogens with zero attached hydrogens (tertiary/aromatic N) is 1. The van der Waals surface area contributed by atoms with Crippen molar-refractivity contribution in [1.29, 1.82) is 0 Å². The fraction of sp³-hybridized carbons (Fsp3) is 0.364. The highest BCUT2D eigenvalue weighted by Crippen LogP contribution is 2.43. The van der Waals surface area contributed by atoms with Gasteiger partial charge >= 0.3 is 5.97 Å². The van der Waals surface area contributed by atoms with Gasteiger partial charge in [0, 0.05) is 11.6 Å². The van der Waals surface area contributed by atoms with Gasteiger partial charge in [-0.2, -0.15) is 0 Å². The Morgan fingerprint density at radius 3 is 2.83 bits per heavy atom. The topological polar surface area (TPSA) is 98.9 Å². The van der Waals surface area contributed by atoms with Crippen LogP contribution in [-0.2, 0) is 15.1 Å². The number of hydrogen-bond acceptors (Lipinski definition) is 6. The molecule has 0 aromatic heterocycles. The molecule has 0 saturated heterocycles. The van der Waals surface area contributed by atoms with Gasteiger partial charge in [-0.1, -0.05) is 0 Å². The maximum absolute atomic E-state index is 11.5. The number of fused-ring (bicyclic) bond motifs is 1. The van der Waals surface area contributed by atoms with Crippen molar-refractivity contribution in [2.24, 2.45) is 0 Å². The van der Waals surface area contributed by atoms with E-state index in [4.69, 9.17) is 4.74 Å². The normalized spacial score (nSPS) is 25.2. The standard InChI is InChI=1S/C11H11NO6/c1-11(14)7-4-3-6(12(15)16)5-8(7)18-9(11)10(13)17-2/h3-5,9,14H,1-2H3/t9-,11+/m1/s1. The molecule has 2 rings (SSSR count). The van der Waals surface area contributed by atoms with Crippen LogP contribution in [-0.4, -0.2) is 29.2 Å². The van der Waals surface area contributed by atoms with Gasteiger partial charge < -0.3 is 14.6 Å². The van der Waals surface area contributed by atoms with Crippen LogP contribution in [0.3, 0.4) is 0 Å². The van der Waals surface area contributed by atoms with E-state index in [0.717, 1.165) is 0 Å². The number of methoxy groups -OCH3 is 1. The number of hydrogen-bond donors (Lipinski definition) is 1. The number of rotatable bonds is 2. The van der Waals surface area contributed by atoms with Crippen molar-refractivity contribution >= 4 is 11.7 Å². The molecule has 1 aromatic rings. The van der Waals surface area contributed by atoms with E-state index < -0.39 is 22.6 Å². The van der Waals surface area contributed by atoms with E-state index in [2.05, 4.69) is 4.74 Å². The zero-order chi connectivity index (χ0) is 13.5. The third-order valence-corrected chi connectivity index (χ3v) is 2.89. The van der Waals surface area contributed by atoms with Crippen LogP contribution in [0.4, 0.5) is 5.69 Å². The van der Waals surface area contributed by atoms with Crippen LogP contribution in [0.25, 0.3) is 0 Å². The van der Waals surface area contributed by atoms with Crippen molar-refractivity contribution < 1.29 is 24.3 Å². The maximum Gasteiger partial charge on any atom is 0.350 e. The summed E-state index contributed by atoms with van der Waals surface area (Å²) in [4.78, 5) is 21.5. The van der Waals surface area contributed by atoms with E-state index >= 15 is 0 Å². The summed E-state index contributed by atoms with van der Waals surface area (Å²) in [5, 5.41) is 20.9. The maximum atomic E-state index is 11.5. The first-order valence-corrected chi connectivity index (χ1v) is 5.13. The van der Waals surface area contributed by atoms with Crippen LogP contribution in [0, 0.1) is 10.1 Å². The Kier molecular flexibility index (Phi) is 2.70. The molecule has 1 heterocycles. The fourth-order valence-corrected chi connectivity index (χ4v) is 1.91. The van der Waals surface area contributed by atoms with Gasteiger partial charge in [-0.25, -0.2) is 4.79 Å². The molecule has 1 aliphatic rings. The molecule has 1 N–H and O–H groups in total. The average Bonchev–Trinajstić information content (AvgIpc) is 2.60. The molecule has 0 unspecified atom stereocenters. The minimum absolute atomic E-state index is 0.115. The predicted molar refractivity (Wildman–Crippen MR) is 59.1 cm³/mol. The third kappa shape index (κ3) is 1.68. The molecule has 96 valence electrons. The number of ether oxygens (including phenoxy) is 2. The number of esters is 1. The molecule has 1 aromatic carbocycles. The third-order valence-electron chi connectivity index (χ3n) is 2.89. The van der Waals surface area contributed by atoms with Crippen LogP contribution in [0.15, 0.2) is 18.2 Å². The molecule has 2 atom stereocenters. The second-order valence-electron chi connectivity index (χ2n) is 4.11. The molecular formula is C11H11NO6. The highest BCUT2D eigenvalue weighted by molar-refractivity contribution is 5.79. The lowest BCUT2D eigenvalue weighted by Crippen LogP contribution is -2.42. The van der Waals surface area contributed by atoms with Crippen molar-refractivity contribution in [2.75, 3.05) is 7.11 Å². The second-order valence-corrected chi connectivity index (χ2v) is 4.11. The van der Waals surface area contributed by atoms with Gasteiger partial charge in [-0.15, -0.1) is 0 Å². The van der Waals surface area contributed by atoms with Crippen molar-refractivity contribution in [3.63, 3.8) is 0 Å². The molecule has 0 aliphatic carbocycles. The molecule has 1 aliphatic heterocycles. The number of aliphatic hydroxyl groups is 1. The summed E-state index contributed by atoms with van der Waals surface area (Å²) in [5.74, 6) is -0.622. The zero-order valence-corrected chi connectivity index (χ0v) is 9.75. The molecule has 0 fully saturated rings. The van der Waals surface area contributed by atoms with E-state index in [1.807, 2.05) is 0 Å². The molecule has 18 heavy (non-hydrogen) atoms. The van der Waals surface area contributed by atoms with E-state index in [0.29, 0.717) is 5.56 Å². The Morgan fingerprint density at radius 1 is 1.61 bits per heavy atom. The number of carbonyl (C=O) groups excluding carboxylic acids is 1. The minimum atomic E-state index is -1.57. The number of carbonyl (C=O) groups is 1. The lowest BCUT2D eigenvalue weighted by Gasteiger charge is -2.21. The Hall–Kier alpha value is -2.15. The Labute approximate surface area is 102 Å². The Morgan fingerprint density at radius 2 is 2.28 bits per heavy atom. The summed E-state index contributed by atoms with van der Waals surface area (Å²) < 4.78 is 9.76. The summed E-state index contributed by atoms with van der Waals surface area (Å²) >= 11 is 0. The summed E-state index contributed by atoms with van der Waals surface area (Å²) in [6.07, 6.45) is -1.22. The number of non-ortho nitro benzene ring substituents is 1. The minimum Gasteiger partial charge on any atom is -0.475 e. The first-order chi connectivity index (χ1) is 8.37. The highest BCUT2D eigenvalue weighted by Gasteiger charge is 2.49. The summed E-state index contributed by atoms with van der Waals surface area (Å²) in [6.45, 7) is 1.40. The van der Waals surface area contributed by atoms with Gasteiger partial charge in [0.2, 0.25) is 6.10 Å². The second kappa shape index (κ2) is 3.95. The monoisotopic (exact) mass is 253 g/mol. The van der Waals surface area contributed by atoms with Crippen LogP contribution < -0.4 is 4.74 Å². The van der Waals surface area contributed by atoms with Crippen molar-refractivity contribution in [1.82, 2.24) is 0 Å². The van der Waals surface area contributed by atoms with Gasteiger partial charge in [0.25, 0.3) is 5.69 Å². The van der Waals surface area contributed by atoms with E-state index in [1.54, 1.807) is 0 Å². The van der Waals surface area contributed by atoms with Crippen LogP contribution in [0.2, 0.25) is 0 Å². The fourth-order valence-electron chi connectivity index (χ4n) is 1.91. The lowest BCUT2D eigenvalue weighted by molar-refractivity contribution is -0.384. The first kappa shape index (κ1) is 12.3. The first-order valence-electron chi connectivity index (χ1n) is 5.13. The largest absolute Gasteiger partial charge is 0.475 e. The number of nitro benzene ring substituents is 1. The quantitative estimate of drug-likeness (QED) is 0.474. The smallest absolute Gasteiger partial charge is 0.350 e. The van der Waals surface area contributed by atoms with Gasteiger partial charge in [0.05, 0.1) is 18.1 Å². The average molecular weight is 253 g/mol. The van der Waals surface area contributed by atoms with Crippen molar-refractivity contribution in [3.8, 4) is 5.75 Å². The summed E-state index contributed by atoms with van der Waals surface area (Å²) in [6, 6.07) is 3.79. The van der Waals surface area contributed by atoms with Crippen LogP contribution in [0.5, 0.6) is 5.75 Å². The van der Waals surface area contributed by atoms with Crippen LogP contribution >= 0.6 is 0 Å².